The summed E-state index contributed by atoms with van der Waals surface area (Å²) in [6.07, 6.45) is 3.82. The van der Waals surface area contributed by atoms with Crippen LogP contribution in [0.2, 0.25) is 0 Å². The normalized spacial score (nSPS) is 24.5. The number of nitrogens with zero attached hydrogens (tertiary/aromatic N) is 1. The monoisotopic (exact) mass is 260 g/mol. The Bertz CT molecular complexity index is 438. The van der Waals surface area contributed by atoms with Crippen molar-refractivity contribution < 1.29 is 4.74 Å². The highest BCUT2D eigenvalue weighted by molar-refractivity contribution is 5.37. The van der Waals surface area contributed by atoms with Gasteiger partial charge in [0.1, 0.15) is 0 Å². The number of nitrogens with one attached hydrogen (secondary N) is 1. The first-order chi connectivity index (χ1) is 9.25. The van der Waals surface area contributed by atoms with Crippen LogP contribution in [0.4, 0.5) is 0 Å². The summed E-state index contributed by atoms with van der Waals surface area (Å²) in [5, 5.41) is 3.60. The maximum atomic E-state index is 5.64. The minimum absolute atomic E-state index is 0.392. The zero-order valence-electron chi connectivity index (χ0n) is 12.0. The third-order valence-electron chi connectivity index (χ3n) is 4.35. The summed E-state index contributed by atoms with van der Waals surface area (Å²) in [6, 6.07) is 7.85. The van der Waals surface area contributed by atoms with Gasteiger partial charge in [0.2, 0.25) is 0 Å². The van der Waals surface area contributed by atoms with Crippen molar-refractivity contribution in [1.82, 2.24) is 10.2 Å². The van der Waals surface area contributed by atoms with Gasteiger partial charge in [0, 0.05) is 6.54 Å². The van der Waals surface area contributed by atoms with Gasteiger partial charge in [-0.15, -0.1) is 0 Å². The van der Waals surface area contributed by atoms with Crippen LogP contribution >= 0.6 is 0 Å². The molecule has 1 fully saturated rings. The number of fused-ring (bicyclic) bond motifs is 1. The van der Waals surface area contributed by atoms with Gasteiger partial charge >= 0.3 is 0 Å². The van der Waals surface area contributed by atoms with Crippen LogP contribution in [-0.4, -0.2) is 44.8 Å². The molecule has 2 aliphatic rings. The van der Waals surface area contributed by atoms with Gasteiger partial charge in [-0.1, -0.05) is 18.2 Å². The second-order valence-electron chi connectivity index (χ2n) is 5.93. The highest BCUT2D eigenvalue weighted by Crippen LogP contribution is 2.29. The van der Waals surface area contributed by atoms with E-state index in [4.69, 9.17) is 4.74 Å². The first-order valence-electron chi connectivity index (χ1n) is 7.35. The minimum atomic E-state index is 0.392. The number of likely N-dealkylation sites (N-methyl/N-ethyl adjacent to an activating group) is 1. The Labute approximate surface area is 115 Å². The fourth-order valence-corrected chi connectivity index (χ4v) is 3.45. The molecule has 3 rings (SSSR count). The average molecular weight is 260 g/mol. The molecule has 19 heavy (non-hydrogen) atoms. The van der Waals surface area contributed by atoms with E-state index in [0.717, 1.165) is 19.8 Å². The Morgan fingerprint density at radius 2 is 2.11 bits per heavy atom. The van der Waals surface area contributed by atoms with Crippen molar-refractivity contribution >= 4 is 0 Å². The first-order valence-corrected chi connectivity index (χ1v) is 7.35. The number of morpholine rings is 1. The Morgan fingerprint density at radius 1 is 1.26 bits per heavy atom. The van der Waals surface area contributed by atoms with E-state index in [2.05, 4.69) is 42.5 Å². The molecule has 2 unspecified atom stereocenters. The van der Waals surface area contributed by atoms with E-state index < -0.39 is 0 Å². The summed E-state index contributed by atoms with van der Waals surface area (Å²) in [5.41, 5.74) is 4.53. The zero-order chi connectivity index (χ0) is 13.2. The number of aryl methyl sites for hydroxylation is 2. The van der Waals surface area contributed by atoms with Gasteiger partial charge in [0.15, 0.2) is 0 Å². The zero-order valence-corrected chi connectivity index (χ0v) is 12.0. The van der Waals surface area contributed by atoms with Crippen LogP contribution in [0, 0.1) is 0 Å². The van der Waals surface area contributed by atoms with E-state index in [-0.39, 0.29) is 0 Å². The Morgan fingerprint density at radius 3 is 2.84 bits per heavy atom. The van der Waals surface area contributed by atoms with Gasteiger partial charge in [0.25, 0.3) is 0 Å². The van der Waals surface area contributed by atoms with Gasteiger partial charge in [-0.25, -0.2) is 0 Å². The van der Waals surface area contributed by atoms with Crippen LogP contribution in [0.5, 0.6) is 0 Å². The third-order valence-corrected chi connectivity index (χ3v) is 4.35. The van der Waals surface area contributed by atoms with Crippen LogP contribution in [0.3, 0.4) is 0 Å². The van der Waals surface area contributed by atoms with Gasteiger partial charge in [-0.3, -0.25) is 0 Å². The highest BCUT2D eigenvalue weighted by atomic mass is 16.5. The average Bonchev–Trinajstić information content (AvgIpc) is 2.87. The lowest BCUT2D eigenvalue weighted by atomic mass is 9.95. The molecule has 2 atom stereocenters. The van der Waals surface area contributed by atoms with Gasteiger partial charge < -0.3 is 15.0 Å². The first kappa shape index (κ1) is 13.1. The third kappa shape index (κ3) is 2.69. The molecule has 1 aliphatic heterocycles. The molecule has 1 heterocycles. The molecule has 1 aromatic rings. The second-order valence-corrected chi connectivity index (χ2v) is 5.93. The summed E-state index contributed by atoms with van der Waals surface area (Å²) in [4.78, 5) is 2.31. The predicted octanol–water partition coefficient (Wildman–Crippen LogP) is 1.77. The number of ether oxygens (including phenoxy) is 1. The quantitative estimate of drug-likeness (QED) is 0.896. The molecule has 0 radical (unpaired) electrons. The molecule has 0 amide bonds. The van der Waals surface area contributed by atoms with Crippen molar-refractivity contribution in [3.8, 4) is 0 Å². The summed E-state index contributed by atoms with van der Waals surface area (Å²) < 4.78 is 5.64. The van der Waals surface area contributed by atoms with E-state index in [0.29, 0.717) is 12.1 Å². The molecular weight excluding hydrogens is 236 g/mol. The molecule has 0 bridgehead atoms. The van der Waals surface area contributed by atoms with Crippen LogP contribution in [-0.2, 0) is 17.6 Å². The lowest BCUT2D eigenvalue weighted by Crippen LogP contribution is -2.48. The van der Waals surface area contributed by atoms with Gasteiger partial charge in [0.05, 0.1) is 25.3 Å². The Balaban J connectivity index is 1.87. The van der Waals surface area contributed by atoms with Crippen LogP contribution in [0.1, 0.15) is 29.2 Å². The predicted molar refractivity (Wildman–Crippen MR) is 77.5 cm³/mol. The van der Waals surface area contributed by atoms with Gasteiger partial charge in [-0.2, -0.15) is 0 Å². The summed E-state index contributed by atoms with van der Waals surface area (Å²) >= 11 is 0. The number of hydrogen-bond donors (Lipinski definition) is 1. The van der Waals surface area contributed by atoms with Crippen molar-refractivity contribution in [2.75, 3.05) is 33.9 Å². The number of benzene rings is 1. The van der Waals surface area contributed by atoms with Crippen molar-refractivity contribution in [3.05, 3.63) is 34.9 Å². The lowest BCUT2D eigenvalue weighted by Gasteiger charge is -2.36. The minimum Gasteiger partial charge on any atom is -0.378 e. The SMILES string of the molecule is CN(C)C(c1ccc2c(c1)CCC2)C1COCCN1. The van der Waals surface area contributed by atoms with Crippen LogP contribution in [0.15, 0.2) is 18.2 Å². The molecule has 1 aromatic carbocycles. The van der Waals surface area contributed by atoms with Gasteiger partial charge in [-0.05, 0) is 50.0 Å². The van der Waals surface area contributed by atoms with E-state index >= 15 is 0 Å². The number of rotatable bonds is 3. The Hall–Kier alpha value is -0.900. The van der Waals surface area contributed by atoms with Crippen molar-refractivity contribution in [2.45, 2.75) is 31.3 Å². The Kier molecular flexibility index (Phi) is 3.87. The lowest BCUT2D eigenvalue weighted by molar-refractivity contribution is 0.0459. The summed E-state index contributed by atoms with van der Waals surface area (Å²) in [7, 11) is 4.32. The molecule has 0 saturated carbocycles. The second kappa shape index (κ2) is 5.61. The molecule has 3 heteroatoms. The van der Waals surface area contributed by atoms with E-state index in [1.54, 1.807) is 11.1 Å². The smallest absolute Gasteiger partial charge is 0.0639 e. The van der Waals surface area contributed by atoms with E-state index in [9.17, 15) is 0 Å². The fraction of sp³-hybridized carbons (Fsp3) is 0.625. The van der Waals surface area contributed by atoms with E-state index in [1.165, 1.54) is 24.8 Å². The van der Waals surface area contributed by atoms with Crippen LogP contribution in [0.25, 0.3) is 0 Å². The largest absolute Gasteiger partial charge is 0.378 e. The summed E-state index contributed by atoms with van der Waals surface area (Å²) in [6.45, 7) is 2.60. The highest BCUT2D eigenvalue weighted by Gasteiger charge is 2.27. The molecule has 1 aliphatic carbocycles. The molecule has 104 valence electrons. The fourth-order valence-electron chi connectivity index (χ4n) is 3.45. The summed E-state index contributed by atoms with van der Waals surface area (Å²) in [5.74, 6) is 0. The van der Waals surface area contributed by atoms with Crippen molar-refractivity contribution in [1.29, 1.82) is 0 Å². The molecular formula is C16H24N2O. The standard InChI is InChI=1S/C16H24N2O/c1-18(2)16(15-11-19-9-8-17-15)14-7-6-12-4-3-5-13(12)10-14/h6-7,10,15-17H,3-5,8-9,11H2,1-2H3. The molecule has 1 saturated heterocycles. The molecule has 3 nitrogen and oxygen atoms in total. The molecule has 0 aromatic heterocycles. The molecule has 0 spiro atoms. The maximum Gasteiger partial charge on any atom is 0.0639 e. The van der Waals surface area contributed by atoms with Crippen LogP contribution < -0.4 is 5.32 Å². The molecule has 1 N–H and O–H groups in total. The van der Waals surface area contributed by atoms with Crippen molar-refractivity contribution in [3.63, 3.8) is 0 Å². The van der Waals surface area contributed by atoms with E-state index in [1.807, 2.05) is 0 Å². The maximum absolute atomic E-state index is 5.64. The van der Waals surface area contributed by atoms with Crippen molar-refractivity contribution in [2.24, 2.45) is 0 Å². The number of hydrogen-bond acceptors (Lipinski definition) is 3. The topological polar surface area (TPSA) is 24.5 Å².